The Labute approximate surface area is 78.1 Å². The van der Waals surface area contributed by atoms with Crippen molar-refractivity contribution in [2.24, 2.45) is 5.73 Å². The van der Waals surface area contributed by atoms with E-state index in [0.717, 1.165) is 16.9 Å². The Morgan fingerprint density at radius 1 is 1.46 bits per heavy atom. The third kappa shape index (κ3) is 2.44. The van der Waals surface area contributed by atoms with Gasteiger partial charge in [-0.25, -0.2) is 0 Å². The van der Waals surface area contributed by atoms with E-state index in [1.807, 2.05) is 25.1 Å². The number of aliphatic hydroxyl groups is 1. The number of hydrogen-bond acceptors (Lipinski definition) is 3. The Balaban J connectivity index is 2.93. The summed E-state index contributed by atoms with van der Waals surface area (Å²) < 4.78 is 5.37. The molecule has 0 aliphatic heterocycles. The summed E-state index contributed by atoms with van der Waals surface area (Å²) in [6.07, 6.45) is 0. The summed E-state index contributed by atoms with van der Waals surface area (Å²) >= 11 is 0. The molecule has 0 saturated heterocycles. The summed E-state index contributed by atoms with van der Waals surface area (Å²) in [5.74, 6) is 0.808. The van der Waals surface area contributed by atoms with Crippen molar-refractivity contribution in [2.45, 2.75) is 20.1 Å². The SMILES string of the molecule is CCOc1ccc(CO)cc1CN. The van der Waals surface area contributed by atoms with Gasteiger partial charge in [-0.15, -0.1) is 0 Å². The van der Waals surface area contributed by atoms with Crippen molar-refractivity contribution >= 4 is 0 Å². The van der Waals surface area contributed by atoms with E-state index in [-0.39, 0.29) is 6.61 Å². The van der Waals surface area contributed by atoms with Crippen LogP contribution in [0.5, 0.6) is 5.75 Å². The molecule has 0 bridgehead atoms. The summed E-state index contributed by atoms with van der Waals surface area (Å²) in [4.78, 5) is 0. The van der Waals surface area contributed by atoms with Gasteiger partial charge in [-0.05, 0) is 24.6 Å². The quantitative estimate of drug-likeness (QED) is 0.729. The van der Waals surface area contributed by atoms with Crippen molar-refractivity contribution in [1.29, 1.82) is 0 Å². The molecule has 0 aliphatic rings. The fraction of sp³-hybridized carbons (Fsp3) is 0.400. The van der Waals surface area contributed by atoms with E-state index in [2.05, 4.69) is 0 Å². The van der Waals surface area contributed by atoms with Crippen molar-refractivity contribution < 1.29 is 9.84 Å². The molecule has 13 heavy (non-hydrogen) atoms. The highest BCUT2D eigenvalue weighted by Crippen LogP contribution is 2.19. The Hall–Kier alpha value is -1.06. The molecule has 0 unspecified atom stereocenters. The number of aliphatic hydroxyl groups excluding tert-OH is 1. The number of ether oxygens (including phenoxy) is 1. The summed E-state index contributed by atoms with van der Waals surface area (Å²) in [6, 6.07) is 5.55. The van der Waals surface area contributed by atoms with Crippen LogP contribution >= 0.6 is 0 Å². The van der Waals surface area contributed by atoms with Crippen molar-refractivity contribution in [3.8, 4) is 5.75 Å². The van der Waals surface area contributed by atoms with Crippen molar-refractivity contribution in [3.05, 3.63) is 29.3 Å². The highest BCUT2D eigenvalue weighted by atomic mass is 16.5. The molecule has 1 aromatic rings. The van der Waals surface area contributed by atoms with Crippen LogP contribution < -0.4 is 10.5 Å². The monoisotopic (exact) mass is 181 g/mol. The predicted molar refractivity (Wildman–Crippen MR) is 51.4 cm³/mol. The van der Waals surface area contributed by atoms with E-state index in [4.69, 9.17) is 15.6 Å². The Kier molecular flexibility index (Phi) is 3.73. The zero-order valence-corrected chi connectivity index (χ0v) is 7.79. The molecule has 0 saturated carbocycles. The Bertz CT molecular complexity index is 274. The first-order valence-electron chi connectivity index (χ1n) is 4.37. The minimum absolute atomic E-state index is 0.0411. The van der Waals surface area contributed by atoms with Crippen LogP contribution in [-0.2, 0) is 13.2 Å². The predicted octanol–water partition coefficient (Wildman–Crippen LogP) is 1.04. The van der Waals surface area contributed by atoms with Crippen molar-refractivity contribution in [3.63, 3.8) is 0 Å². The fourth-order valence-corrected chi connectivity index (χ4v) is 1.19. The molecular formula is C10H15NO2. The first-order valence-corrected chi connectivity index (χ1v) is 4.37. The summed E-state index contributed by atoms with van der Waals surface area (Å²) in [6.45, 7) is 3.04. The van der Waals surface area contributed by atoms with Crippen LogP contribution in [0, 0.1) is 0 Å². The van der Waals surface area contributed by atoms with Gasteiger partial charge in [0.05, 0.1) is 13.2 Å². The Morgan fingerprint density at radius 3 is 2.77 bits per heavy atom. The van der Waals surface area contributed by atoms with Gasteiger partial charge >= 0.3 is 0 Å². The van der Waals surface area contributed by atoms with Gasteiger partial charge < -0.3 is 15.6 Å². The van der Waals surface area contributed by atoms with E-state index in [1.54, 1.807) is 0 Å². The van der Waals surface area contributed by atoms with Gasteiger partial charge in [0.1, 0.15) is 5.75 Å². The second kappa shape index (κ2) is 4.84. The maximum atomic E-state index is 8.90. The van der Waals surface area contributed by atoms with Crippen LogP contribution in [0.25, 0.3) is 0 Å². The smallest absolute Gasteiger partial charge is 0.123 e. The van der Waals surface area contributed by atoms with E-state index in [0.29, 0.717) is 13.2 Å². The van der Waals surface area contributed by atoms with Crippen LogP contribution in [0.2, 0.25) is 0 Å². The maximum Gasteiger partial charge on any atom is 0.123 e. The molecule has 72 valence electrons. The summed E-state index contributed by atoms with van der Waals surface area (Å²) in [5, 5.41) is 8.90. The van der Waals surface area contributed by atoms with Crippen LogP contribution in [0.3, 0.4) is 0 Å². The van der Waals surface area contributed by atoms with Crippen LogP contribution in [-0.4, -0.2) is 11.7 Å². The lowest BCUT2D eigenvalue weighted by atomic mass is 10.1. The van der Waals surface area contributed by atoms with E-state index in [9.17, 15) is 0 Å². The van der Waals surface area contributed by atoms with Gasteiger partial charge in [-0.3, -0.25) is 0 Å². The topological polar surface area (TPSA) is 55.5 Å². The molecule has 0 heterocycles. The third-order valence-electron chi connectivity index (χ3n) is 1.83. The molecule has 0 amide bonds. The summed E-state index contributed by atoms with van der Waals surface area (Å²) in [7, 11) is 0. The highest BCUT2D eigenvalue weighted by molar-refractivity contribution is 5.36. The lowest BCUT2D eigenvalue weighted by Crippen LogP contribution is -2.03. The van der Waals surface area contributed by atoms with Crippen molar-refractivity contribution in [1.82, 2.24) is 0 Å². The summed E-state index contributed by atoms with van der Waals surface area (Å²) in [5.41, 5.74) is 7.35. The zero-order chi connectivity index (χ0) is 9.68. The fourth-order valence-electron chi connectivity index (χ4n) is 1.19. The zero-order valence-electron chi connectivity index (χ0n) is 7.79. The first-order chi connectivity index (χ1) is 6.31. The second-order valence-electron chi connectivity index (χ2n) is 2.74. The normalized spacial score (nSPS) is 10.1. The lowest BCUT2D eigenvalue weighted by Gasteiger charge is -2.09. The number of hydrogen-bond donors (Lipinski definition) is 2. The van der Waals surface area contributed by atoms with Gasteiger partial charge in [-0.1, -0.05) is 6.07 Å². The average molecular weight is 181 g/mol. The number of rotatable bonds is 4. The molecule has 0 radical (unpaired) electrons. The maximum absolute atomic E-state index is 8.90. The minimum atomic E-state index is 0.0411. The molecule has 0 spiro atoms. The molecule has 1 aromatic carbocycles. The minimum Gasteiger partial charge on any atom is -0.494 e. The molecule has 0 atom stereocenters. The first kappa shape index (κ1) is 10.0. The molecule has 0 fully saturated rings. The largest absolute Gasteiger partial charge is 0.494 e. The van der Waals surface area contributed by atoms with Gasteiger partial charge in [-0.2, -0.15) is 0 Å². The Morgan fingerprint density at radius 2 is 2.23 bits per heavy atom. The number of nitrogens with two attached hydrogens (primary N) is 1. The average Bonchev–Trinajstić information content (AvgIpc) is 2.19. The van der Waals surface area contributed by atoms with E-state index >= 15 is 0 Å². The molecule has 3 heteroatoms. The van der Waals surface area contributed by atoms with E-state index < -0.39 is 0 Å². The number of benzene rings is 1. The van der Waals surface area contributed by atoms with Crippen LogP contribution in [0.4, 0.5) is 0 Å². The van der Waals surface area contributed by atoms with Crippen LogP contribution in [0.15, 0.2) is 18.2 Å². The third-order valence-corrected chi connectivity index (χ3v) is 1.83. The highest BCUT2D eigenvalue weighted by Gasteiger charge is 2.02. The molecule has 1 rings (SSSR count). The van der Waals surface area contributed by atoms with Crippen LogP contribution in [0.1, 0.15) is 18.1 Å². The standard InChI is InChI=1S/C10H15NO2/c1-2-13-10-4-3-8(7-12)5-9(10)6-11/h3-5,12H,2,6-7,11H2,1H3. The molecule has 0 aromatic heterocycles. The van der Waals surface area contributed by atoms with Gasteiger partial charge in [0.2, 0.25) is 0 Å². The van der Waals surface area contributed by atoms with Gasteiger partial charge in [0, 0.05) is 12.1 Å². The molecule has 0 aliphatic carbocycles. The van der Waals surface area contributed by atoms with Crippen molar-refractivity contribution in [2.75, 3.05) is 6.61 Å². The second-order valence-corrected chi connectivity index (χ2v) is 2.74. The molecule has 3 N–H and O–H groups in total. The lowest BCUT2D eigenvalue weighted by molar-refractivity contribution is 0.281. The van der Waals surface area contributed by atoms with E-state index in [1.165, 1.54) is 0 Å². The van der Waals surface area contributed by atoms with Gasteiger partial charge in [0.25, 0.3) is 0 Å². The van der Waals surface area contributed by atoms with Gasteiger partial charge in [0.15, 0.2) is 0 Å². The molecule has 3 nitrogen and oxygen atoms in total. The molecular weight excluding hydrogens is 166 g/mol.